The van der Waals surface area contributed by atoms with Crippen molar-refractivity contribution in [2.24, 2.45) is 0 Å². The first-order chi connectivity index (χ1) is 11.8. The van der Waals surface area contributed by atoms with E-state index in [1.807, 2.05) is 6.92 Å². The molecule has 6 heteroatoms. The minimum absolute atomic E-state index is 0.794. The van der Waals surface area contributed by atoms with E-state index in [0.717, 1.165) is 70.4 Å². The zero-order chi connectivity index (χ0) is 16.4. The summed E-state index contributed by atoms with van der Waals surface area (Å²) in [5, 5.41) is 4.41. The van der Waals surface area contributed by atoms with E-state index in [1.165, 1.54) is 16.8 Å². The largest absolute Gasteiger partial charge is 0.378 e. The molecule has 0 aliphatic carbocycles. The van der Waals surface area contributed by atoms with Gasteiger partial charge in [-0.2, -0.15) is 11.3 Å². The monoisotopic (exact) mass is 344 g/mol. The Kier molecular flexibility index (Phi) is 4.78. The molecule has 0 amide bonds. The van der Waals surface area contributed by atoms with Gasteiger partial charge in [0.05, 0.1) is 18.9 Å². The van der Waals surface area contributed by atoms with Crippen LogP contribution in [0.5, 0.6) is 0 Å². The molecule has 4 heterocycles. The first kappa shape index (κ1) is 16.0. The fraction of sp³-hybridized carbons (Fsp3) is 0.556. The van der Waals surface area contributed by atoms with Crippen LogP contribution in [-0.4, -0.2) is 54.3 Å². The molecule has 0 N–H and O–H groups in total. The van der Waals surface area contributed by atoms with Gasteiger partial charge in [-0.25, -0.2) is 9.97 Å². The van der Waals surface area contributed by atoms with Crippen LogP contribution in [0.25, 0.3) is 0 Å². The highest BCUT2D eigenvalue weighted by Crippen LogP contribution is 2.26. The van der Waals surface area contributed by atoms with Crippen molar-refractivity contribution in [1.82, 2.24) is 14.9 Å². The lowest BCUT2D eigenvalue weighted by atomic mass is 10.1. The van der Waals surface area contributed by atoms with Gasteiger partial charge in [0.25, 0.3) is 0 Å². The number of hydrogen-bond acceptors (Lipinski definition) is 6. The summed E-state index contributed by atoms with van der Waals surface area (Å²) in [7, 11) is 0. The molecule has 1 fully saturated rings. The maximum atomic E-state index is 5.50. The first-order valence-electron chi connectivity index (χ1n) is 8.72. The van der Waals surface area contributed by atoms with Gasteiger partial charge in [-0.05, 0) is 35.7 Å². The fourth-order valence-corrected chi connectivity index (χ4v) is 4.24. The maximum Gasteiger partial charge on any atom is 0.135 e. The highest BCUT2D eigenvalue weighted by atomic mass is 32.1. The van der Waals surface area contributed by atoms with Crippen molar-refractivity contribution in [3.05, 3.63) is 39.5 Å². The Morgan fingerprint density at radius 3 is 2.75 bits per heavy atom. The number of morpholine rings is 1. The van der Waals surface area contributed by atoms with Gasteiger partial charge < -0.3 is 9.64 Å². The van der Waals surface area contributed by atoms with Gasteiger partial charge in [0.15, 0.2) is 0 Å². The van der Waals surface area contributed by atoms with E-state index in [4.69, 9.17) is 14.7 Å². The molecule has 0 unspecified atom stereocenters. The van der Waals surface area contributed by atoms with Gasteiger partial charge >= 0.3 is 0 Å². The molecule has 24 heavy (non-hydrogen) atoms. The Morgan fingerprint density at radius 2 is 1.96 bits per heavy atom. The molecule has 0 spiro atoms. The predicted octanol–water partition coefficient (Wildman–Crippen LogP) is 2.28. The average Bonchev–Trinajstić information content (AvgIpc) is 3.03. The number of aryl methyl sites for hydroxylation is 1. The molecule has 1 saturated heterocycles. The number of hydrogen-bond donors (Lipinski definition) is 0. The van der Waals surface area contributed by atoms with Crippen molar-refractivity contribution in [1.29, 1.82) is 0 Å². The van der Waals surface area contributed by atoms with Gasteiger partial charge in [-0.1, -0.05) is 0 Å². The van der Waals surface area contributed by atoms with Gasteiger partial charge in [0.1, 0.15) is 11.6 Å². The van der Waals surface area contributed by atoms with Crippen LogP contribution in [0.1, 0.15) is 22.6 Å². The average molecular weight is 344 g/mol. The van der Waals surface area contributed by atoms with Gasteiger partial charge in [0, 0.05) is 44.7 Å². The zero-order valence-electron chi connectivity index (χ0n) is 14.2. The van der Waals surface area contributed by atoms with Crippen LogP contribution in [0.4, 0.5) is 5.82 Å². The topological polar surface area (TPSA) is 41.5 Å². The van der Waals surface area contributed by atoms with Gasteiger partial charge in [-0.3, -0.25) is 4.90 Å². The number of aromatic nitrogens is 2. The van der Waals surface area contributed by atoms with Crippen molar-refractivity contribution in [3.63, 3.8) is 0 Å². The standard InChI is InChI=1S/C18H24N4OS/c1-14-19-17-3-6-21(12-15-4-11-24-13-15)5-2-16(17)18(20-14)22-7-9-23-10-8-22/h4,11,13H,2-3,5-10,12H2,1H3. The van der Waals surface area contributed by atoms with Crippen LogP contribution in [0, 0.1) is 6.92 Å². The van der Waals surface area contributed by atoms with Crippen molar-refractivity contribution in [2.75, 3.05) is 44.3 Å². The number of ether oxygens (including phenoxy) is 1. The fourth-order valence-electron chi connectivity index (χ4n) is 3.58. The predicted molar refractivity (Wildman–Crippen MR) is 96.8 cm³/mol. The number of thiophene rings is 1. The van der Waals surface area contributed by atoms with E-state index in [2.05, 4.69) is 26.6 Å². The van der Waals surface area contributed by atoms with Crippen LogP contribution < -0.4 is 4.90 Å². The third-order valence-corrected chi connectivity index (χ3v) is 5.55. The van der Waals surface area contributed by atoms with E-state index >= 15 is 0 Å². The first-order valence-corrected chi connectivity index (χ1v) is 9.66. The van der Waals surface area contributed by atoms with Crippen molar-refractivity contribution in [2.45, 2.75) is 26.3 Å². The highest BCUT2D eigenvalue weighted by Gasteiger charge is 2.23. The second-order valence-corrected chi connectivity index (χ2v) is 7.31. The summed E-state index contributed by atoms with van der Waals surface area (Å²) in [6.45, 7) is 8.65. The lowest BCUT2D eigenvalue weighted by Gasteiger charge is -2.30. The van der Waals surface area contributed by atoms with Crippen LogP contribution in [-0.2, 0) is 24.1 Å². The van der Waals surface area contributed by atoms with Gasteiger partial charge in [-0.15, -0.1) is 0 Å². The second-order valence-electron chi connectivity index (χ2n) is 6.53. The van der Waals surface area contributed by atoms with Crippen LogP contribution in [0.15, 0.2) is 16.8 Å². The molecule has 0 aromatic carbocycles. The molecule has 0 bridgehead atoms. The van der Waals surface area contributed by atoms with E-state index in [-0.39, 0.29) is 0 Å². The van der Waals surface area contributed by atoms with E-state index in [1.54, 1.807) is 11.3 Å². The van der Waals surface area contributed by atoms with E-state index in [0.29, 0.717) is 0 Å². The summed E-state index contributed by atoms with van der Waals surface area (Å²) in [4.78, 5) is 14.5. The Hall–Kier alpha value is -1.50. The second kappa shape index (κ2) is 7.17. The summed E-state index contributed by atoms with van der Waals surface area (Å²) >= 11 is 1.78. The number of nitrogens with zero attached hydrogens (tertiary/aromatic N) is 4. The minimum Gasteiger partial charge on any atom is -0.378 e. The molecule has 0 radical (unpaired) electrons. The molecule has 128 valence electrons. The Morgan fingerprint density at radius 1 is 1.12 bits per heavy atom. The Labute approximate surface area is 147 Å². The number of rotatable bonds is 3. The molecule has 5 nitrogen and oxygen atoms in total. The molecular formula is C18H24N4OS. The van der Waals surface area contributed by atoms with Crippen molar-refractivity contribution in [3.8, 4) is 0 Å². The summed E-state index contributed by atoms with van der Waals surface area (Å²) < 4.78 is 5.50. The number of anilines is 1. The Bertz CT molecular complexity index is 683. The third-order valence-electron chi connectivity index (χ3n) is 4.82. The molecule has 2 aromatic heterocycles. The summed E-state index contributed by atoms with van der Waals surface area (Å²) in [5.41, 5.74) is 4.02. The molecule has 2 aliphatic heterocycles. The van der Waals surface area contributed by atoms with E-state index < -0.39 is 0 Å². The minimum atomic E-state index is 0.794. The smallest absolute Gasteiger partial charge is 0.135 e. The maximum absolute atomic E-state index is 5.50. The molecule has 2 aliphatic rings. The molecule has 0 atom stereocenters. The third kappa shape index (κ3) is 3.45. The van der Waals surface area contributed by atoms with Gasteiger partial charge in [0.2, 0.25) is 0 Å². The normalized spacial score (nSPS) is 19.1. The van der Waals surface area contributed by atoms with Crippen LogP contribution in [0.3, 0.4) is 0 Å². The SMILES string of the molecule is Cc1nc2c(c(N3CCOCC3)n1)CCN(Cc1ccsc1)CC2. The van der Waals surface area contributed by atoms with Crippen molar-refractivity contribution >= 4 is 17.2 Å². The summed E-state index contributed by atoms with van der Waals surface area (Å²) in [5.74, 6) is 2.04. The summed E-state index contributed by atoms with van der Waals surface area (Å²) in [6, 6.07) is 2.23. The lowest BCUT2D eigenvalue weighted by molar-refractivity contribution is 0.122. The number of fused-ring (bicyclic) bond motifs is 1. The molecule has 2 aromatic rings. The molecular weight excluding hydrogens is 320 g/mol. The lowest BCUT2D eigenvalue weighted by Crippen LogP contribution is -2.38. The Balaban J connectivity index is 1.55. The quantitative estimate of drug-likeness (QED) is 0.854. The molecule has 4 rings (SSSR count). The molecule has 0 saturated carbocycles. The van der Waals surface area contributed by atoms with Crippen LogP contribution >= 0.6 is 11.3 Å². The van der Waals surface area contributed by atoms with Crippen molar-refractivity contribution < 1.29 is 4.74 Å². The summed E-state index contributed by atoms with van der Waals surface area (Å²) in [6.07, 6.45) is 2.05. The zero-order valence-corrected chi connectivity index (χ0v) is 15.0. The van der Waals surface area contributed by atoms with Crippen LogP contribution in [0.2, 0.25) is 0 Å². The van der Waals surface area contributed by atoms with E-state index in [9.17, 15) is 0 Å². The highest BCUT2D eigenvalue weighted by molar-refractivity contribution is 7.07.